The van der Waals surface area contributed by atoms with Crippen molar-refractivity contribution in [3.8, 4) is 0 Å². The third-order valence-electron chi connectivity index (χ3n) is 4.17. The Morgan fingerprint density at radius 2 is 1.70 bits per heavy atom. The van der Waals surface area contributed by atoms with Gasteiger partial charge in [0.2, 0.25) is 0 Å². The van der Waals surface area contributed by atoms with Gasteiger partial charge in [0.15, 0.2) is 0 Å². The second-order valence-corrected chi connectivity index (χ2v) is 7.91. The molecule has 1 aromatic heterocycles. The number of hydrogen-bond acceptors (Lipinski definition) is 5. The van der Waals surface area contributed by atoms with Crippen LogP contribution in [0.15, 0.2) is 53.6 Å². The second-order valence-electron chi connectivity index (χ2n) is 6.32. The molecule has 0 unspecified atom stereocenters. The zero-order valence-corrected chi connectivity index (χ0v) is 18.2. The van der Waals surface area contributed by atoms with E-state index in [1.54, 1.807) is 36.4 Å². The number of halogens is 2. The van der Waals surface area contributed by atoms with Crippen LogP contribution in [0.2, 0.25) is 10.2 Å². The molecule has 3 rings (SSSR count). The molecule has 1 amide bonds. The highest BCUT2D eigenvalue weighted by Gasteiger charge is 2.16. The summed E-state index contributed by atoms with van der Waals surface area (Å²) in [5, 5.41) is 13.1. The van der Waals surface area contributed by atoms with Crippen molar-refractivity contribution in [2.45, 2.75) is 17.9 Å². The van der Waals surface area contributed by atoms with E-state index >= 15 is 0 Å². The van der Waals surface area contributed by atoms with Gasteiger partial charge in [-0.1, -0.05) is 35.3 Å². The van der Waals surface area contributed by atoms with Crippen LogP contribution in [0.1, 0.15) is 27.3 Å². The number of nitrogens with zero attached hydrogens (tertiary/aromatic N) is 2. The Balaban J connectivity index is 1.71. The lowest BCUT2D eigenvalue weighted by Gasteiger charge is -2.10. The molecule has 1 heterocycles. The second kappa shape index (κ2) is 9.93. The van der Waals surface area contributed by atoms with Crippen molar-refractivity contribution < 1.29 is 14.7 Å². The van der Waals surface area contributed by atoms with Crippen LogP contribution in [0.5, 0.6) is 0 Å². The molecular weight excluding hydrogens is 445 g/mol. The SMILES string of the molecule is CSc1nc(Cc2ccc(NC(=O)c3ccc(Cl)cc3)cc2)nc(Cl)c1CC(=O)O. The summed E-state index contributed by atoms with van der Waals surface area (Å²) in [5.74, 6) is -0.718. The van der Waals surface area contributed by atoms with E-state index < -0.39 is 5.97 Å². The van der Waals surface area contributed by atoms with Gasteiger partial charge in [-0.25, -0.2) is 9.97 Å². The van der Waals surface area contributed by atoms with E-state index in [-0.39, 0.29) is 17.5 Å². The lowest BCUT2D eigenvalue weighted by molar-refractivity contribution is -0.136. The van der Waals surface area contributed by atoms with Gasteiger partial charge in [0.25, 0.3) is 5.91 Å². The zero-order chi connectivity index (χ0) is 21.7. The summed E-state index contributed by atoms with van der Waals surface area (Å²) in [7, 11) is 0. The molecule has 0 bridgehead atoms. The molecule has 0 aliphatic rings. The van der Waals surface area contributed by atoms with E-state index in [0.29, 0.717) is 39.1 Å². The number of thioether (sulfide) groups is 1. The quantitative estimate of drug-likeness (QED) is 0.380. The first-order chi connectivity index (χ1) is 14.4. The number of benzene rings is 2. The molecule has 2 aromatic carbocycles. The maximum absolute atomic E-state index is 12.3. The van der Waals surface area contributed by atoms with Gasteiger partial charge in [-0.3, -0.25) is 9.59 Å². The molecule has 2 N–H and O–H groups in total. The Morgan fingerprint density at radius 1 is 1.03 bits per heavy atom. The van der Waals surface area contributed by atoms with Gasteiger partial charge in [-0.2, -0.15) is 0 Å². The molecule has 0 radical (unpaired) electrons. The number of carboxylic acids is 1. The molecule has 0 fully saturated rings. The first-order valence-corrected chi connectivity index (χ1v) is 10.8. The number of carboxylic acid groups (broad SMARTS) is 1. The molecule has 6 nitrogen and oxygen atoms in total. The Hall–Kier alpha value is -2.61. The van der Waals surface area contributed by atoms with Gasteiger partial charge >= 0.3 is 5.97 Å². The van der Waals surface area contributed by atoms with Gasteiger partial charge < -0.3 is 10.4 Å². The number of aliphatic carboxylic acids is 1. The van der Waals surface area contributed by atoms with Crippen LogP contribution >= 0.6 is 35.0 Å². The topological polar surface area (TPSA) is 92.2 Å². The lowest BCUT2D eigenvalue weighted by atomic mass is 10.1. The third-order valence-corrected chi connectivity index (χ3v) is 5.46. The van der Waals surface area contributed by atoms with Crippen molar-refractivity contribution in [3.63, 3.8) is 0 Å². The minimum Gasteiger partial charge on any atom is -0.481 e. The smallest absolute Gasteiger partial charge is 0.308 e. The van der Waals surface area contributed by atoms with E-state index in [9.17, 15) is 9.59 Å². The lowest BCUT2D eigenvalue weighted by Crippen LogP contribution is -2.11. The van der Waals surface area contributed by atoms with Gasteiger partial charge in [0.1, 0.15) is 16.0 Å². The zero-order valence-electron chi connectivity index (χ0n) is 15.9. The van der Waals surface area contributed by atoms with Crippen molar-refractivity contribution in [2.24, 2.45) is 0 Å². The Bertz CT molecular complexity index is 1070. The van der Waals surface area contributed by atoms with Gasteiger partial charge in [-0.05, 0) is 48.2 Å². The number of aromatic nitrogens is 2. The maximum Gasteiger partial charge on any atom is 0.308 e. The number of rotatable bonds is 7. The maximum atomic E-state index is 12.3. The predicted molar refractivity (Wildman–Crippen MR) is 119 cm³/mol. The van der Waals surface area contributed by atoms with E-state index in [2.05, 4.69) is 15.3 Å². The molecule has 0 aliphatic carbocycles. The van der Waals surface area contributed by atoms with Crippen LogP contribution in [0.3, 0.4) is 0 Å². The first kappa shape index (κ1) is 22.1. The molecule has 3 aromatic rings. The molecule has 0 atom stereocenters. The fraction of sp³-hybridized carbons (Fsp3) is 0.143. The van der Waals surface area contributed by atoms with Crippen LogP contribution < -0.4 is 5.32 Å². The Labute approximate surface area is 187 Å². The van der Waals surface area contributed by atoms with Gasteiger partial charge in [0, 0.05) is 28.3 Å². The average molecular weight is 462 g/mol. The van der Waals surface area contributed by atoms with E-state index in [4.69, 9.17) is 28.3 Å². The van der Waals surface area contributed by atoms with E-state index in [0.717, 1.165) is 5.56 Å². The van der Waals surface area contributed by atoms with Crippen molar-refractivity contribution in [1.29, 1.82) is 0 Å². The molecule has 30 heavy (non-hydrogen) atoms. The molecule has 0 spiro atoms. The number of anilines is 1. The normalized spacial score (nSPS) is 10.6. The third kappa shape index (κ3) is 5.72. The first-order valence-electron chi connectivity index (χ1n) is 8.82. The molecule has 9 heteroatoms. The van der Waals surface area contributed by atoms with E-state index in [1.807, 2.05) is 18.4 Å². The Kier molecular flexibility index (Phi) is 7.31. The number of nitrogens with one attached hydrogen (secondary N) is 1. The van der Waals surface area contributed by atoms with Crippen LogP contribution in [-0.2, 0) is 17.6 Å². The van der Waals surface area contributed by atoms with Crippen LogP contribution in [-0.4, -0.2) is 33.2 Å². The van der Waals surface area contributed by atoms with E-state index in [1.165, 1.54) is 11.8 Å². The van der Waals surface area contributed by atoms with Crippen LogP contribution in [0, 0.1) is 0 Å². The molecule has 154 valence electrons. The average Bonchev–Trinajstić information content (AvgIpc) is 2.71. The summed E-state index contributed by atoms with van der Waals surface area (Å²) >= 11 is 13.4. The minimum atomic E-state index is -0.986. The predicted octanol–water partition coefficient (Wildman–Crippen LogP) is 4.98. The summed E-state index contributed by atoms with van der Waals surface area (Å²) < 4.78 is 0. The minimum absolute atomic E-state index is 0.151. The number of carbonyl (C=O) groups is 2. The Morgan fingerprint density at radius 3 is 2.30 bits per heavy atom. The highest BCUT2D eigenvalue weighted by Crippen LogP contribution is 2.25. The monoisotopic (exact) mass is 461 g/mol. The highest BCUT2D eigenvalue weighted by molar-refractivity contribution is 7.98. The molecule has 0 saturated heterocycles. The fourth-order valence-electron chi connectivity index (χ4n) is 2.72. The number of amides is 1. The van der Waals surface area contributed by atoms with Gasteiger partial charge in [-0.15, -0.1) is 11.8 Å². The molecular formula is C21H17Cl2N3O3S. The standard InChI is InChI=1S/C21H17Cl2N3O3S/c1-30-21-16(11-18(27)28)19(23)25-17(26-21)10-12-2-8-15(9-3-12)24-20(29)13-4-6-14(22)7-5-13/h2-9H,10-11H2,1H3,(H,24,29)(H,27,28). The summed E-state index contributed by atoms with van der Waals surface area (Å²) in [6.45, 7) is 0. The molecule has 0 saturated carbocycles. The van der Waals surface area contributed by atoms with Crippen molar-refractivity contribution in [1.82, 2.24) is 9.97 Å². The van der Waals surface area contributed by atoms with Crippen molar-refractivity contribution in [3.05, 3.63) is 81.2 Å². The number of hydrogen-bond donors (Lipinski definition) is 2. The summed E-state index contributed by atoms with van der Waals surface area (Å²) in [4.78, 5) is 32.0. The van der Waals surface area contributed by atoms with Crippen molar-refractivity contribution >= 4 is 52.5 Å². The van der Waals surface area contributed by atoms with Crippen molar-refractivity contribution in [2.75, 3.05) is 11.6 Å². The highest BCUT2D eigenvalue weighted by atomic mass is 35.5. The fourth-order valence-corrected chi connectivity index (χ4v) is 3.77. The molecule has 0 aliphatic heterocycles. The van der Waals surface area contributed by atoms with Gasteiger partial charge in [0.05, 0.1) is 6.42 Å². The summed E-state index contributed by atoms with van der Waals surface area (Å²) in [6, 6.07) is 13.9. The van der Waals surface area contributed by atoms with Crippen LogP contribution in [0.4, 0.5) is 5.69 Å². The number of carbonyl (C=O) groups excluding carboxylic acids is 1. The largest absolute Gasteiger partial charge is 0.481 e. The summed E-state index contributed by atoms with van der Waals surface area (Å²) in [5.41, 5.74) is 2.51. The van der Waals surface area contributed by atoms with Crippen LogP contribution in [0.25, 0.3) is 0 Å². The summed E-state index contributed by atoms with van der Waals surface area (Å²) in [6.07, 6.45) is 2.01.